The molecule has 0 atom stereocenters. The minimum atomic E-state index is -0.153. The molecule has 130 valence electrons. The molecule has 1 aromatic carbocycles. The van der Waals surface area contributed by atoms with Gasteiger partial charge in [0, 0.05) is 25.1 Å². The minimum Gasteiger partial charge on any atom is -0.348 e. The molecule has 0 saturated heterocycles. The number of carbonyl (C=O) groups excluding carboxylic acids is 1. The van der Waals surface area contributed by atoms with Crippen molar-refractivity contribution in [1.29, 1.82) is 0 Å². The summed E-state index contributed by atoms with van der Waals surface area (Å²) in [6.45, 7) is 2.92. The molecule has 7 heteroatoms. The van der Waals surface area contributed by atoms with E-state index in [2.05, 4.69) is 20.6 Å². The molecule has 0 radical (unpaired) electrons. The largest absolute Gasteiger partial charge is 0.348 e. The predicted octanol–water partition coefficient (Wildman–Crippen LogP) is 2.21. The molecule has 3 heterocycles. The second-order valence-electron chi connectivity index (χ2n) is 6.01. The summed E-state index contributed by atoms with van der Waals surface area (Å²) in [4.78, 5) is 12.7. The average Bonchev–Trinajstić information content (AvgIpc) is 3.27. The predicted molar refractivity (Wildman–Crippen MR) is 96.7 cm³/mol. The fourth-order valence-corrected chi connectivity index (χ4v) is 3.00. The van der Waals surface area contributed by atoms with E-state index in [-0.39, 0.29) is 5.91 Å². The molecule has 3 aromatic heterocycles. The highest BCUT2D eigenvalue weighted by atomic mass is 16.1. The maximum absolute atomic E-state index is 12.7. The molecule has 0 unspecified atom stereocenters. The molecular formula is C19H18N6O. The van der Waals surface area contributed by atoms with Crippen molar-refractivity contribution in [2.24, 2.45) is 0 Å². The van der Waals surface area contributed by atoms with E-state index in [9.17, 15) is 4.79 Å². The average molecular weight is 346 g/mol. The lowest BCUT2D eigenvalue weighted by atomic mass is 10.1. The van der Waals surface area contributed by atoms with Gasteiger partial charge in [-0.1, -0.05) is 24.3 Å². The maximum Gasteiger partial charge on any atom is 0.255 e. The van der Waals surface area contributed by atoms with E-state index in [4.69, 9.17) is 0 Å². The molecule has 0 bridgehead atoms. The van der Waals surface area contributed by atoms with E-state index in [0.29, 0.717) is 29.9 Å². The van der Waals surface area contributed by atoms with E-state index in [0.717, 1.165) is 11.1 Å². The fourth-order valence-electron chi connectivity index (χ4n) is 3.00. The van der Waals surface area contributed by atoms with Gasteiger partial charge < -0.3 is 5.32 Å². The SMILES string of the molecule is Cc1nn2ncccc2c1C(=O)NCc1ccccc1Cn1cccn1. The van der Waals surface area contributed by atoms with E-state index >= 15 is 0 Å². The molecule has 0 aliphatic heterocycles. The molecule has 1 amide bonds. The number of rotatable bonds is 5. The van der Waals surface area contributed by atoms with Crippen LogP contribution in [0, 0.1) is 6.92 Å². The summed E-state index contributed by atoms with van der Waals surface area (Å²) in [7, 11) is 0. The smallest absolute Gasteiger partial charge is 0.255 e. The molecule has 1 N–H and O–H groups in total. The van der Waals surface area contributed by atoms with Crippen LogP contribution in [0.5, 0.6) is 0 Å². The van der Waals surface area contributed by atoms with Crippen LogP contribution in [-0.4, -0.2) is 30.5 Å². The maximum atomic E-state index is 12.7. The molecule has 4 rings (SSSR count). The van der Waals surface area contributed by atoms with Gasteiger partial charge in [0.15, 0.2) is 0 Å². The highest BCUT2D eigenvalue weighted by Crippen LogP contribution is 2.15. The first kappa shape index (κ1) is 16.0. The minimum absolute atomic E-state index is 0.153. The van der Waals surface area contributed by atoms with Crippen LogP contribution in [-0.2, 0) is 13.1 Å². The van der Waals surface area contributed by atoms with Crippen molar-refractivity contribution in [1.82, 2.24) is 29.9 Å². The summed E-state index contributed by atoms with van der Waals surface area (Å²) >= 11 is 0. The zero-order valence-electron chi connectivity index (χ0n) is 14.3. The molecular weight excluding hydrogens is 328 g/mol. The number of aryl methyl sites for hydroxylation is 1. The van der Waals surface area contributed by atoms with Gasteiger partial charge in [-0.15, -0.1) is 0 Å². The lowest BCUT2D eigenvalue weighted by Crippen LogP contribution is -2.24. The zero-order chi connectivity index (χ0) is 17.9. The second-order valence-corrected chi connectivity index (χ2v) is 6.01. The van der Waals surface area contributed by atoms with Gasteiger partial charge in [-0.25, -0.2) is 0 Å². The number of amides is 1. The summed E-state index contributed by atoms with van der Waals surface area (Å²) in [6.07, 6.45) is 5.32. The van der Waals surface area contributed by atoms with Gasteiger partial charge >= 0.3 is 0 Å². The van der Waals surface area contributed by atoms with Crippen LogP contribution in [0.25, 0.3) is 5.52 Å². The quantitative estimate of drug-likeness (QED) is 0.601. The zero-order valence-corrected chi connectivity index (χ0v) is 14.3. The van der Waals surface area contributed by atoms with E-state index in [1.165, 1.54) is 4.63 Å². The number of nitrogens with one attached hydrogen (secondary N) is 1. The van der Waals surface area contributed by atoms with Crippen LogP contribution in [0.2, 0.25) is 0 Å². The molecule has 26 heavy (non-hydrogen) atoms. The van der Waals surface area contributed by atoms with Crippen molar-refractivity contribution in [3.8, 4) is 0 Å². The monoisotopic (exact) mass is 346 g/mol. The number of carbonyl (C=O) groups is 1. The van der Waals surface area contributed by atoms with Gasteiger partial charge in [-0.3, -0.25) is 9.48 Å². The summed E-state index contributed by atoms with van der Waals surface area (Å²) in [5.74, 6) is -0.153. The van der Waals surface area contributed by atoms with Gasteiger partial charge in [0.05, 0.1) is 17.8 Å². The van der Waals surface area contributed by atoms with Crippen LogP contribution >= 0.6 is 0 Å². The van der Waals surface area contributed by atoms with E-state index < -0.39 is 0 Å². The highest BCUT2D eigenvalue weighted by Gasteiger charge is 2.17. The normalized spacial score (nSPS) is 11.0. The van der Waals surface area contributed by atoms with Crippen LogP contribution in [0.15, 0.2) is 61.1 Å². The van der Waals surface area contributed by atoms with Crippen molar-refractivity contribution in [3.05, 3.63) is 83.4 Å². The van der Waals surface area contributed by atoms with Gasteiger partial charge in [0.25, 0.3) is 5.91 Å². The summed E-state index contributed by atoms with van der Waals surface area (Å²) < 4.78 is 3.34. The molecule has 0 fully saturated rings. The molecule has 0 aliphatic carbocycles. The Morgan fingerprint density at radius 2 is 1.85 bits per heavy atom. The van der Waals surface area contributed by atoms with E-state index in [1.54, 1.807) is 18.5 Å². The number of hydrogen-bond acceptors (Lipinski definition) is 4. The Bertz CT molecular complexity index is 1050. The molecule has 0 saturated carbocycles. The number of fused-ring (bicyclic) bond motifs is 1. The van der Waals surface area contributed by atoms with Crippen LogP contribution in [0.3, 0.4) is 0 Å². The van der Waals surface area contributed by atoms with Crippen molar-refractivity contribution < 1.29 is 4.79 Å². The Balaban J connectivity index is 1.54. The van der Waals surface area contributed by atoms with Gasteiger partial charge in [-0.05, 0) is 36.2 Å². The number of nitrogens with zero attached hydrogens (tertiary/aromatic N) is 5. The third kappa shape index (κ3) is 3.06. The van der Waals surface area contributed by atoms with Gasteiger partial charge in [-0.2, -0.15) is 19.9 Å². The topological polar surface area (TPSA) is 77.1 Å². The van der Waals surface area contributed by atoms with Crippen molar-refractivity contribution in [2.45, 2.75) is 20.0 Å². The van der Waals surface area contributed by atoms with Gasteiger partial charge in [0.1, 0.15) is 5.52 Å². The Morgan fingerprint density at radius 1 is 1.04 bits per heavy atom. The van der Waals surface area contributed by atoms with Gasteiger partial charge in [0.2, 0.25) is 0 Å². The number of aromatic nitrogens is 5. The summed E-state index contributed by atoms with van der Waals surface area (Å²) in [5.41, 5.74) is 4.10. The van der Waals surface area contributed by atoms with Crippen molar-refractivity contribution in [3.63, 3.8) is 0 Å². The molecule has 7 nitrogen and oxygen atoms in total. The van der Waals surface area contributed by atoms with Crippen LogP contribution in [0.4, 0.5) is 0 Å². The summed E-state index contributed by atoms with van der Waals surface area (Å²) in [6, 6.07) is 13.6. The Morgan fingerprint density at radius 3 is 2.65 bits per heavy atom. The first-order valence-corrected chi connectivity index (χ1v) is 8.35. The van der Waals surface area contributed by atoms with Crippen molar-refractivity contribution >= 4 is 11.4 Å². The standard InChI is InChI=1S/C19H18N6O/c1-14-18(17-8-4-9-22-25(17)23-14)19(26)20-12-15-6-2-3-7-16(15)13-24-11-5-10-21-24/h2-11H,12-13H2,1H3,(H,20,26). The summed E-state index contributed by atoms with van der Waals surface area (Å²) in [5, 5.41) is 15.7. The molecule has 4 aromatic rings. The van der Waals surface area contributed by atoms with Crippen LogP contribution < -0.4 is 5.32 Å². The number of hydrogen-bond donors (Lipinski definition) is 1. The lowest BCUT2D eigenvalue weighted by Gasteiger charge is -2.11. The van der Waals surface area contributed by atoms with Crippen molar-refractivity contribution in [2.75, 3.05) is 0 Å². The lowest BCUT2D eigenvalue weighted by molar-refractivity contribution is 0.0952. The molecule has 0 aliphatic rings. The Kier molecular flexibility index (Phi) is 4.18. The third-order valence-electron chi connectivity index (χ3n) is 4.27. The fraction of sp³-hybridized carbons (Fsp3) is 0.158. The Hall–Kier alpha value is -3.48. The Labute approximate surface area is 150 Å². The van der Waals surface area contributed by atoms with Crippen LogP contribution in [0.1, 0.15) is 27.2 Å². The second kappa shape index (κ2) is 6.79. The van der Waals surface area contributed by atoms with E-state index in [1.807, 2.05) is 54.2 Å². The first-order chi connectivity index (χ1) is 12.7. The third-order valence-corrected chi connectivity index (χ3v) is 4.27. The molecule has 0 spiro atoms. The first-order valence-electron chi connectivity index (χ1n) is 8.35. The highest BCUT2D eigenvalue weighted by molar-refractivity contribution is 6.01. The number of benzene rings is 1.